The lowest BCUT2D eigenvalue weighted by Crippen LogP contribution is -2.29. The summed E-state index contributed by atoms with van der Waals surface area (Å²) in [5.41, 5.74) is -1.44. The minimum atomic E-state index is -1.94. The van der Waals surface area contributed by atoms with Crippen LogP contribution in [0.25, 0.3) is 0 Å². The first-order valence-electron chi connectivity index (χ1n) is 2.06. The first kappa shape index (κ1) is 8.28. The number of ketones is 1. The van der Waals surface area contributed by atoms with E-state index in [0.717, 1.165) is 0 Å². The molecule has 0 amide bonds. The predicted octanol–water partition coefficient (Wildman–Crippen LogP) is -1.26. The number of aliphatic carboxylic acids is 2. The van der Waals surface area contributed by atoms with Crippen LogP contribution in [0.15, 0.2) is 0 Å². The molecule has 0 radical (unpaired) electrons. The molecule has 3 N–H and O–H groups in total. The zero-order valence-electron chi connectivity index (χ0n) is 4.62. The van der Waals surface area contributed by atoms with Gasteiger partial charge in [0.2, 0.25) is 0 Å². The van der Waals surface area contributed by atoms with Crippen molar-refractivity contribution < 1.29 is 24.6 Å². The van der Waals surface area contributed by atoms with Crippen molar-refractivity contribution in [1.82, 2.24) is 0 Å². The van der Waals surface area contributed by atoms with Gasteiger partial charge in [-0.2, -0.15) is 0 Å². The Hall–Kier alpha value is -1.72. The fourth-order valence-electron chi connectivity index (χ4n) is 0.204. The Balaban J connectivity index is 4.39. The number of rotatable bonds is 3. The minimum Gasteiger partial charge on any atom is -0.476 e. The van der Waals surface area contributed by atoms with E-state index in [1.54, 1.807) is 0 Å². The van der Waals surface area contributed by atoms with Gasteiger partial charge in [-0.15, -0.1) is 0 Å². The number of carbonyl (C=O) groups excluding carboxylic acids is 1. The molecule has 0 aromatic heterocycles. The van der Waals surface area contributed by atoms with Gasteiger partial charge in [0, 0.05) is 0 Å². The molecule has 0 unspecified atom stereocenters. The topological polar surface area (TPSA) is 116 Å². The van der Waals surface area contributed by atoms with Crippen LogP contribution in [0.4, 0.5) is 0 Å². The van der Waals surface area contributed by atoms with E-state index in [9.17, 15) is 14.4 Å². The van der Waals surface area contributed by atoms with Crippen LogP contribution in [-0.2, 0) is 14.4 Å². The predicted molar refractivity (Wildman–Crippen MR) is 28.0 cm³/mol. The van der Waals surface area contributed by atoms with Gasteiger partial charge < -0.3 is 10.2 Å². The summed E-state index contributed by atoms with van der Waals surface area (Å²) < 4.78 is 0. The maximum absolute atomic E-state index is 10.1. The third-order valence-corrected chi connectivity index (χ3v) is 0.635. The standard InChI is InChI=1S/C4H3NO5/c5-1(3(7)8)2(6)4(9)10/h5H,(H,7,8)(H,9,10). The smallest absolute Gasteiger partial charge is 0.379 e. The van der Waals surface area contributed by atoms with Gasteiger partial charge in [0.25, 0.3) is 5.78 Å². The van der Waals surface area contributed by atoms with Crippen LogP contribution in [0.3, 0.4) is 0 Å². The second-order valence-electron chi connectivity index (χ2n) is 1.31. The van der Waals surface area contributed by atoms with Crippen LogP contribution in [0.2, 0.25) is 0 Å². The molecule has 0 heterocycles. The second kappa shape index (κ2) is 2.72. The Bertz CT molecular complexity index is 194. The molecular weight excluding hydrogens is 142 g/mol. The van der Waals surface area contributed by atoms with Crippen molar-refractivity contribution in [3.8, 4) is 0 Å². The van der Waals surface area contributed by atoms with E-state index < -0.39 is 23.4 Å². The second-order valence-corrected chi connectivity index (χ2v) is 1.31. The number of carboxylic acids is 2. The minimum absolute atomic E-state index is 1.44. The highest BCUT2D eigenvalue weighted by Crippen LogP contribution is 1.77. The third kappa shape index (κ3) is 1.66. The lowest BCUT2D eigenvalue weighted by molar-refractivity contribution is -0.146. The van der Waals surface area contributed by atoms with Crippen molar-refractivity contribution in [2.24, 2.45) is 0 Å². The molecule has 0 aromatic rings. The largest absolute Gasteiger partial charge is 0.476 e. The molecule has 0 aliphatic heterocycles. The average Bonchev–Trinajstić information content (AvgIpc) is 1.84. The maximum Gasteiger partial charge on any atom is 0.379 e. The summed E-state index contributed by atoms with van der Waals surface area (Å²) in [6.45, 7) is 0. The fourth-order valence-corrected chi connectivity index (χ4v) is 0.204. The van der Waals surface area contributed by atoms with Crippen LogP contribution in [-0.4, -0.2) is 33.6 Å². The molecule has 0 bridgehead atoms. The molecular formula is C4H3NO5. The number of carbonyl (C=O) groups is 3. The molecule has 0 saturated carbocycles. The zero-order valence-corrected chi connectivity index (χ0v) is 4.62. The molecule has 0 aliphatic carbocycles. The first-order valence-corrected chi connectivity index (χ1v) is 2.06. The number of nitrogens with one attached hydrogen (secondary N) is 1. The van der Waals surface area contributed by atoms with Gasteiger partial charge in [-0.1, -0.05) is 0 Å². The van der Waals surface area contributed by atoms with Gasteiger partial charge in [0.05, 0.1) is 0 Å². The van der Waals surface area contributed by atoms with Gasteiger partial charge in [0.1, 0.15) is 0 Å². The summed E-state index contributed by atoms with van der Waals surface area (Å²) >= 11 is 0. The molecule has 10 heavy (non-hydrogen) atoms. The summed E-state index contributed by atoms with van der Waals surface area (Å²) in [5, 5.41) is 22.1. The number of carboxylic acid groups (broad SMARTS) is 2. The van der Waals surface area contributed by atoms with E-state index in [1.807, 2.05) is 0 Å². The van der Waals surface area contributed by atoms with Crippen LogP contribution < -0.4 is 0 Å². The molecule has 0 saturated heterocycles. The summed E-state index contributed by atoms with van der Waals surface area (Å²) in [6.07, 6.45) is 0. The van der Waals surface area contributed by atoms with Crippen LogP contribution >= 0.6 is 0 Å². The van der Waals surface area contributed by atoms with Crippen LogP contribution in [0, 0.1) is 5.41 Å². The molecule has 0 spiro atoms. The third-order valence-electron chi connectivity index (χ3n) is 0.635. The number of hydrogen-bond donors (Lipinski definition) is 3. The highest BCUT2D eigenvalue weighted by atomic mass is 16.4. The molecule has 6 heteroatoms. The van der Waals surface area contributed by atoms with E-state index >= 15 is 0 Å². The molecule has 0 aromatic carbocycles. The van der Waals surface area contributed by atoms with Gasteiger partial charge in [-0.05, 0) is 0 Å². The highest BCUT2D eigenvalue weighted by molar-refractivity contribution is 6.76. The molecule has 0 fully saturated rings. The van der Waals surface area contributed by atoms with Gasteiger partial charge in [-0.3, -0.25) is 10.2 Å². The summed E-state index contributed by atoms with van der Waals surface area (Å²) in [6, 6.07) is 0. The van der Waals surface area contributed by atoms with Crippen molar-refractivity contribution in [3.05, 3.63) is 0 Å². The van der Waals surface area contributed by atoms with Crippen LogP contribution in [0.5, 0.6) is 0 Å². The molecule has 0 aliphatic rings. The Kier molecular flexibility index (Phi) is 2.25. The van der Waals surface area contributed by atoms with Crippen molar-refractivity contribution in [2.75, 3.05) is 0 Å². The van der Waals surface area contributed by atoms with E-state index in [2.05, 4.69) is 0 Å². The van der Waals surface area contributed by atoms with Crippen molar-refractivity contribution in [1.29, 1.82) is 5.41 Å². The lowest BCUT2D eigenvalue weighted by atomic mass is 10.2. The fraction of sp³-hybridized carbons (Fsp3) is 0. The van der Waals surface area contributed by atoms with E-state index in [0.29, 0.717) is 0 Å². The molecule has 6 nitrogen and oxygen atoms in total. The van der Waals surface area contributed by atoms with Gasteiger partial charge in [0.15, 0.2) is 5.71 Å². The van der Waals surface area contributed by atoms with Crippen molar-refractivity contribution >= 4 is 23.4 Å². The Morgan fingerprint density at radius 2 is 1.40 bits per heavy atom. The quantitative estimate of drug-likeness (QED) is 0.260. The zero-order chi connectivity index (χ0) is 8.31. The van der Waals surface area contributed by atoms with Gasteiger partial charge >= 0.3 is 11.9 Å². The number of Topliss-reactive ketones (excluding diaryl/α,β-unsaturated/α-hetero) is 1. The van der Waals surface area contributed by atoms with Gasteiger partial charge in [-0.25, -0.2) is 9.59 Å². The Morgan fingerprint density at radius 3 is 1.50 bits per heavy atom. The van der Waals surface area contributed by atoms with E-state index in [-0.39, 0.29) is 0 Å². The molecule has 0 rings (SSSR count). The monoisotopic (exact) mass is 145 g/mol. The van der Waals surface area contributed by atoms with E-state index in [1.165, 1.54) is 0 Å². The Labute approximate surface area is 54.6 Å². The normalized spacial score (nSPS) is 8.40. The van der Waals surface area contributed by atoms with Crippen molar-refractivity contribution in [2.45, 2.75) is 0 Å². The lowest BCUT2D eigenvalue weighted by Gasteiger charge is -1.88. The van der Waals surface area contributed by atoms with Crippen molar-refractivity contribution in [3.63, 3.8) is 0 Å². The summed E-state index contributed by atoms with van der Waals surface area (Å²) in [5.74, 6) is -5.49. The van der Waals surface area contributed by atoms with E-state index in [4.69, 9.17) is 15.6 Å². The molecule has 0 atom stereocenters. The Morgan fingerprint density at radius 1 is 1.00 bits per heavy atom. The molecule has 54 valence electrons. The highest BCUT2D eigenvalue weighted by Gasteiger charge is 2.23. The SMILES string of the molecule is N=C(C(=O)O)C(=O)C(=O)O. The number of hydrogen-bond acceptors (Lipinski definition) is 4. The average molecular weight is 145 g/mol. The maximum atomic E-state index is 10.1. The van der Waals surface area contributed by atoms with Crippen LogP contribution in [0.1, 0.15) is 0 Å². The summed E-state index contributed by atoms with van der Waals surface area (Å²) in [4.78, 5) is 29.5. The summed E-state index contributed by atoms with van der Waals surface area (Å²) in [7, 11) is 0. The first-order chi connectivity index (χ1) is 4.46.